The molecule has 0 N–H and O–H groups in total. The first-order chi connectivity index (χ1) is 23.8. The lowest BCUT2D eigenvalue weighted by Crippen LogP contribution is -2.12. The van der Waals surface area contributed by atoms with Gasteiger partial charge in [0.05, 0.1) is 11.4 Å². The Hall–Kier alpha value is -5.96. The first-order valence-electron chi connectivity index (χ1n) is 16.3. The Bertz CT molecular complexity index is 2560. The van der Waals surface area contributed by atoms with Gasteiger partial charge in [0, 0.05) is 37.0 Å². The second kappa shape index (κ2) is 12.0. The third-order valence-corrected chi connectivity index (χ3v) is 10.4. The van der Waals surface area contributed by atoms with Gasteiger partial charge in [0.15, 0.2) is 0 Å². The van der Waals surface area contributed by atoms with Gasteiger partial charge in [-0.15, -0.1) is 11.3 Å². The van der Waals surface area contributed by atoms with Crippen molar-refractivity contribution in [3.63, 3.8) is 0 Å². The lowest BCUT2D eigenvalue weighted by Gasteiger charge is -2.30. The molecule has 0 aliphatic carbocycles. The minimum absolute atomic E-state index is 1.11. The van der Waals surface area contributed by atoms with Crippen LogP contribution in [-0.2, 0) is 0 Å². The first kappa shape index (κ1) is 28.3. The monoisotopic (exact) mass is 629 g/mol. The Kier molecular flexibility index (Phi) is 7.07. The van der Waals surface area contributed by atoms with E-state index in [4.69, 9.17) is 0 Å². The lowest BCUT2D eigenvalue weighted by atomic mass is 9.96. The minimum atomic E-state index is 1.11. The lowest BCUT2D eigenvalue weighted by molar-refractivity contribution is 1.28. The van der Waals surface area contributed by atoms with E-state index >= 15 is 0 Å². The number of para-hydroxylation sites is 2. The van der Waals surface area contributed by atoms with Crippen molar-refractivity contribution >= 4 is 59.3 Å². The van der Waals surface area contributed by atoms with Gasteiger partial charge in [-0.05, 0) is 75.5 Å². The molecule has 0 amide bonds. The average molecular weight is 630 g/mol. The molecule has 1 heterocycles. The Balaban J connectivity index is 1.24. The summed E-state index contributed by atoms with van der Waals surface area (Å²) < 4.78 is 2.63. The van der Waals surface area contributed by atoms with Crippen LogP contribution in [0.4, 0.5) is 17.1 Å². The summed E-state index contributed by atoms with van der Waals surface area (Å²) in [6, 6.07) is 68.2. The normalized spacial score (nSPS) is 11.3. The average Bonchev–Trinajstić information content (AvgIpc) is 3.54. The quantitative estimate of drug-likeness (QED) is 0.177. The molecule has 0 bridgehead atoms. The number of thiophene rings is 1. The maximum atomic E-state index is 2.43. The van der Waals surface area contributed by atoms with Crippen LogP contribution in [0.15, 0.2) is 188 Å². The van der Waals surface area contributed by atoms with Crippen molar-refractivity contribution in [3.05, 3.63) is 188 Å². The van der Waals surface area contributed by atoms with Gasteiger partial charge in [-0.1, -0.05) is 146 Å². The van der Waals surface area contributed by atoms with Crippen molar-refractivity contribution in [1.82, 2.24) is 0 Å². The van der Waals surface area contributed by atoms with Gasteiger partial charge in [-0.2, -0.15) is 0 Å². The van der Waals surface area contributed by atoms with Gasteiger partial charge in [0.25, 0.3) is 0 Å². The van der Waals surface area contributed by atoms with E-state index in [0.717, 1.165) is 17.1 Å². The van der Waals surface area contributed by atoms with E-state index < -0.39 is 0 Å². The second-order valence-electron chi connectivity index (χ2n) is 12.2. The number of fused-ring (bicyclic) bond motifs is 4. The smallest absolute Gasteiger partial charge is 0.0540 e. The maximum absolute atomic E-state index is 2.43. The van der Waals surface area contributed by atoms with Crippen LogP contribution in [0.5, 0.6) is 0 Å². The number of rotatable bonds is 6. The summed E-state index contributed by atoms with van der Waals surface area (Å²) in [6.45, 7) is 0. The van der Waals surface area contributed by atoms with Gasteiger partial charge < -0.3 is 4.90 Å². The molecule has 0 fully saturated rings. The molecule has 0 radical (unpaired) electrons. The summed E-state index contributed by atoms with van der Waals surface area (Å²) in [5, 5.41) is 5.11. The largest absolute Gasteiger partial charge is 0.309 e. The SMILES string of the molecule is c1ccc(-c2ccc(N(c3ccccc3-c3ccc4ccccc4c3)c3ccccc3-c3ccc4c(c3)sc3ccccc34)cc2)cc1. The molecule has 0 atom stereocenters. The highest BCUT2D eigenvalue weighted by Gasteiger charge is 2.21. The van der Waals surface area contributed by atoms with Crippen LogP contribution in [0.2, 0.25) is 0 Å². The predicted molar refractivity (Wildman–Crippen MR) is 208 cm³/mol. The maximum Gasteiger partial charge on any atom is 0.0540 e. The fraction of sp³-hybridized carbons (Fsp3) is 0. The third kappa shape index (κ3) is 5.04. The minimum Gasteiger partial charge on any atom is -0.309 e. The third-order valence-electron chi connectivity index (χ3n) is 9.27. The van der Waals surface area contributed by atoms with Crippen LogP contribution in [0.3, 0.4) is 0 Å². The second-order valence-corrected chi connectivity index (χ2v) is 13.2. The van der Waals surface area contributed by atoms with Gasteiger partial charge >= 0.3 is 0 Å². The highest BCUT2D eigenvalue weighted by Crippen LogP contribution is 2.46. The standard InChI is InChI=1S/C46H31NS/c1-2-12-32(13-3-1)34-24-27-38(28-25-34)47(43-19-9-6-16-39(43)36-23-22-33-14-4-5-15-35(33)30-36)44-20-10-7-17-40(44)37-26-29-42-41-18-8-11-21-45(41)48-46(42)31-37/h1-31H. The van der Waals surface area contributed by atoms with Crippen molar-refractivity contribution in [1.29, 1.82) is 0 Å². The fourth-order valence-corrected chi connectivity index (χ4v) is 8.06. The molecule has 9 aromatic rings. The summed E-state index contributed by atoms with van der Waals surface area (Å²) >= 11 is 1.86. The van der Waals surface area contributed by atoms with E-state index in [-0.39, 0.29) is 0 Å². The van der Waals surface area contributed by atoms with Crippen LogP contribution < -0.4 is 4.90 Å². The molecule has 1 nitrogen and oxygen atoms in total. The number of nitrogens with zero attached hydrogens (tertiary/aromatic N) is 1. The molecule has 0 aliphatic rings. The van der Waals surface area contributed by atoms with Crippen molar-refractivity contribution < 1.29 is 0 Å². The summed E-state index contributed by atoms with van der Waals surface area (Å²) in [5.74, 6) is 0. The van der Waals surface area contributed by atoms with Crippen LogP contribution in [-0.4, -0.2) is 0 Å². The summed E-state index contributed by atoms with van der Waals surface area (Å²) in [5.41, 5.74) is 10.6. The van der Waals surface area contributed by atoms with Gasteiger partial charge in [-0.25, -0.2) is 0 Å². The Morgan fingerprint density at radius 3 is 1.65 bits per heavy atom. The molecule has 0 saturated heterocycles. The van der Waals surface area contributed by atoms with E-state index in [0.29, 0.717) is 0 Å². The van der Waals surface area contributed by atoms with E-state index in [1.165, 1.54) is 64.3 Å². The van der Waals surface area contributed by atoms with Crippen LogP contribution in [0, 0.1) is 0 Å². The zero-order valence-electron chi connectivity index (χ0n) is 26.3. The predicted octanol–water partition coefficient (Wildman–Crippen LogP) is 13.7. The first-order valence-corrected chi connectivity index (χ1v) is 17.2. The summed E-state index contributed by atoms with van der Waals surface area (Å²) in [4.78, 5) is 2.43. The van der Waals surface area contributed by atoms with Crippen LogP contribution in [0.25, 0.3) is 64.3 Å². The molecule has 226 valence electrons. The summed E-state index contributed by atoms with van der Waals surface area (Å²) in [6.07, 6.45) is 0. The van der Waals surface area contributed by atoms with Crippen molar-refractivity contribution in [2.75, 3.05) is 4.90 Å². The molecule has 1 aromatic heterocycles. The van der Waals surface area contributed by atoms with E-state index in [2.05, 4.69) is 193 Å². The number of hydrogen-bond donors (Lipinski definition) is 0. The fourth-order valence-electron chi connectivity index (χ4n) is 6.92. The van der Waals surface area contributed by atoms with Crippen LogP contribution >= 0.6 is 11.3 Å². The highest BCUT2D eigenvalue weighted by atomic mass is 32.1. The Morgan fingerprint density at radius 1 is 0.333 bits per heavy atom. The van der Waals surface area contributed by atoms with E-state index in [1.54, 1.807) is 0 Å². The number of anilines is 3. The molecule has 0 spiro atoms. The number of benzene rings is 8. The van der Waals surface area contributed by atoms with Gasteiger partial charge in [0.1, 0.15) is 0 Å². The topological polar surface area (TPSA) is 3.24 Å². The Labute approximate surface area is 284 Å². The van der Waals surface area contributed by atoms with Gasteiger partial charge in [0.2, 0.25) is 0 Å². The van der Waals surface area contributed by atoms with Crippen molar-refractivity contribution in [3.8, 4) is 33.4 Å². The molecule has 2 heteroatoms. The van der Waals surface area contributed by atoms with E-state index in [9.17, 15) is 0 Å². The van der Waals surface area contributed by atoms with E-state index in [1.807, 2.05) is 11.3 Å². The molecule has 0 unspecified atom stereocenters. The molecule has 9 rings (SSSR count). The molecule has 0 aliphatic heterocycles. The zero-order valence-corrected chi connectivity index (χ0v) is 27.1. The van der Waals surface area contributed by atoms with Crippen molar-refractivity contribution in [2.24, 2.45) is 0 Å². The van der Waals surface area contributed by atoms with Gasteiger partial charge in [-0.3, -0.25) is 0 Å². The summed E-state index contributed by atoms with van der Waals surface area (Å²) in [7, 11) is 0. The van der Waals surface area contributed by atoms with Crippen LogP contribution in [0.1, 0.15) is 0 Å². The number of hydrogen-bond acceptors (Lipinski definition) is 2. The van der Waals surface area contributed by atoms with Crippen molar-refractivity contribution in [2.45, 2.75) is 0 Å². The highest BCUT2D eigenvalue weighted by molar-refractivity contribution is 7.25. The molecular weight excluding hydrogens is 599 g/mol. The molecule has 8 aromatic carbocycles. The molecule has 0 saturated carbocycles. The molecule has 48 heavy (non-hydrogen) atoms. The zero-order chi connectivity index (χ0) is 31.9. The molecular formula is C46H31NS. The Morgan fingerprint density at radius 2 is 0.875 bits per heavy atom.